The van der Waals surface area contributed by atoms with Crippen LogP contribution in [-0.4, -0.2) is 24.0 Å². The maximum atomic E-state index is 11.1. The van der Waals surface area contributed by atoms with Gasteiger partial charge in [0.25, 0.3) is 0 Å². The summed E-state index contributed by atoms with van der Waals surface area (Å²) in [5.41, 5.74) is 5.81. The Kier molecular flexibility index (Phi) is 3.05. The highest BCUT2D eigenvalue weighted by molar-refractivity contribution is 5.75. The molecule has 1 aliphatic carbocycles. The molecule has 1 atom stereocenters. The molecule has 12 heavy (non-hydrogen) atoms. The molecule has 0 heterocycles. The summed E-state index contributed by atoms with van der Waals surface area (Å²) in [6.45, 7) is 0. The Labute approximate surface area is 72.9 Å². The van der Waals surface area contributed by atoms with Gasteiger partial charge in [-0.3, -0.25) is 9.80 Å². The molecular weight excluding hydrogens is 154 g/mol. The smallest absolute Gasteiger partial charge is 0.237 e. The highest BCUT2D eigenvalue weighted by Crippen LogP contribution is 2.29. The quantitative estimate of drug-likeness (QED) is 0.352. The van der Waals surface area contributed by atoms with E-state index < -0.39 is 0 Å². The monoisotopic (exact) mass is 171 g/mol. The van der Waals surface area contributed by atoms with Gasteiger partial charge in [0.15, 0.2) is 0 Å². The summed E-state index contributed by atoms with van der Waals surface area (Å²) in [5, 5.41) is 1.11. The van der Waals surface area contributed by atoms with E-state index >= 15 is 0 Å². The summed E-state index contributed by atoms with van der Waals surface area (Å²) in [5.74, 6) is 5.75. The van der Waals surface area contributed by atoms with E-state index in [4.69, 9.17) is 11.6 Å². The Balaban J connectivity index is 2.24. The van der Waals surface area contributed by atoms with Crippen LogP contribution in [0.25, 0.3) is 0 Å². The highest BCUT2D eigenvalue weighted by Gasteiger charge is 2.26. The molecule has 0 aliphatic heterocycles. The van der Waals surface area contributed by atoms with Crippen molar-refractivity contribution in [1.29, 1.82) is 0 Å². The molecule has 1 amide bonds. The summed E-state index contributed by atoms with van der Waals surface area (Å²) >= 11 is 0. The van der Waals surface area contributed by atoms with Crippen molar-refractivity contribution in [2.24, 2.45) is 17.5 Å². The van der Waals surface area contributed by atoms with Crippen LogP contribution < -0.4 is 11.6 Å². The Hall–Kier alpha value is -0.610. The van der Waals surface area contributed by atoms with E-state index in [1.165, 1.54) is 19.3 Å². The van der Waals surface area contributed by atoms with Crippen LogP contribution in [-0.2, 0) is 4.79 Å². The zero-order valence-corrected chi connectivity index (χ0v) is 7.49. The molecule has 0 aromatic rings. The third kappa shape index (κ3) is 2.19. The van der Waals surface area contributed by atoms with E-state index in [1.807, 2.05) is 0 Å². The topological polar surface area (TPSA) is 72.3 Å². The molecule has 0 bridgehead atoms. The lowest BCUT2D eigenvalue weighted by atomic mass is 9.79. The number of carbonyl (C=O) groups is 1. The zero-order chi connectivity index (χ0) is 9.14. The lowest BCUT2D eigenvalue weighted by molar-refractivity contribution is -0.130. The first-order chi connectivity index (χ1) is 5.61. The average molecular weight is 171 g/mol. The van der Waals surface area contributed by atoms with Gasteiger partial charge in [0.1, 0.15) is 0 Å². The lowest BCUT2D eigenvalue weighted by Crippen LogP contribution is -2.42. The number of hydrogen-bond acceptors (Lipinski definition) is 3. The summed E-state index contributed by atoms with van der Waals surface area (Å²) < 4.78 is 0. The molecule has 0 aromatic carbocycles. The molecule has 1 saturated carbocycles. The predicted octanol–water partition coefficient (Wildman–Crippen LogP) is -0.164. The van der Waals surface area contributed by atoms with E-state index in [9.17, 15) is 4.79 Å². The van der Waals surface area contributed by atoms with Crippen molar-refractivity contribution in [2.45, 2.75) is 31.7 Å². The van der Waals surface area contributed by atoms with Crippen LogP contribution in [0.1, 0.15) is 25.7 Å². The molecule has 0 saturated heterocycles. The minimum absolute atomic E-state index is 0.0113. The van der Waals surface area contributed by atoms with Gasteiger partial charge >= 0.3 is 0 Å². The minimum Gasteiger partial charge on any atom is -0.327 e. The van der Waals surface area contributed by atoms with Gasteiger partial charge in [-0.2, -0.15) is 0 Å². The van der Waals surface area contributed by atoms with E-state index in [0.29, 0.717) is 12.3 Å². The summed E-state index contributed by atoms with van der Waals surface area (Å²) in [6, 6.07) is 0.0113. The molecule has 1 aliphatic rings. The number of carbonyl (C=O) groups excluding carboxylic acids is 1. The number of hydrogen-bond donors (Lipinski definition) is 2. The maximum absolute atomic E-state index is 11.1. The number of rotatable bonds is 3. The van der Waals surface area contributed by atoms with Gasteiger partial charge in [-0.25, -0.2) is 5.84 Å². The first-order valence-corrected chi connectivity index (χ1v) is 4.38. The lowest BCUT2D eigenvalue weighted by Gasteiger charge is -2.31. The zero-order valence-electron chi connectivity index (χ0n) is 7.49. The molecule has 0 aromatic heterocycles. The number of nitrogens with zero attached hydrogens (tertiary/aromatic N) is 1. The molecule has 4 heteroatoms. The van der Waals surface area contributed by atoms with Crippen molar-refractivity contribution in [2.75, 3.05) is 7.05 Å². The molecule has 70 valence electrons. The highest BCUT2D eigenvalue weighted by atomic mass is 16.2. The Morgan fingerprint density at radius 3 is 2.58 bits per heavy atom. The third-order valence-corrected chi connectivity index (χ3v) is 2.56. The van der Waals surface area contributed by atoms with Gasteiger partial charge in [-0.1, -0.05) is 6.42 Å². The van der Waals surface area contributed by atoms with Gasteiger partial charge in [0, 0.05) is 19.5 Å². The molecule has 1 fully saturated rings. The summed E-state index contributed by atoms with van der Waals surface area (Å²) in [6.07, 6.45) is 3.98. The standard InChI is InChI=1S/C8H17N3O/c1-11(10)8(12)5-7(9)6-3-2-4-6/h6-7H,2-5,9-10H2,1H3. The van der Waals surface area contributed by atoms with Crippen LogP contribution in [0.2, 0.25) is 0 Å². The number of nitrogens with two attached hydrogens (primary N) is 2. The van der Waals surface area contributed by atoms with Gasteiger partial charge in [0.2, 0.25) is 5.91 Å². The van der Waals surface area contributed by atoms with Crippen LogP contribution in [0, 0.1) is 5.92 Å². The maximum Gasteiger partial charge on any atom is 0.237 e. The van der Waals surface area contributed by atoms with E-state index in [1.54, 1.807) is 7.05 Å². The fraction of sp³-hybridized carbons (Fsp3) is 0.875. The number of amides is 1. The molecular formula is C8H17N3O. The van der Waals surface area contributed by atoms with Crippen molar-refractivity contribution in [3.8, 4) is 0 Å². The van der Waals surface area contributed by atoms with Crippen molar-refractivity contribution >= 4 is 5.91 Å². The molecule has 0 radical (unpaired) electrons. The van der Waals surface area contributed by atoms with Crippen molar-refractivity contribution < 1.29 is 4.79 Å². The first-order valence-electron chi connectivity index (χ1n) is 4.38. The average Bonchev–Trinajstić information content (AvgIpc) is 1.82. The predicted molar refractivity (Wildman–Crippen MR) is 46.9 cm³/mol. The molecule has 1 rings (SSSR count). The van der Waals surface area contributed by atoms with Gasteiger partial charge < -0.3 is 5.73 Å². The van der Waals surface area contributed by atoms with Crippen molar-refractivity contribution in [3.05, 3.63) is 0 Å². The SMILES string of the molecule is CN(N)C(=O)CC(N)C1CCC1. The van der Waals surface area contributed by atoms with Crippen molar-refractivity contribution in [3.63, 3.8) is 0 Å². The van der Waals surface area contributed by atoms with E-state index in [-0.39, 0.29) is 11.9 Å². The fourth-order valence-electron chi connectivity index (χ4n) is 1.38. The summed E-state index contributed by atoms with van der Waals surface area (Å²) in [4.78, 5) is 11.1. The second-order valence-electron chi connectivity index (χ2n) is 3.56. The largest absolute Gasteiger partial charge is 0.327 e. The first kappa shape index (κ1) is 9.48. The number of hydrazine groups is 1. The third-order valence-electron chi connectivity index (χ3n) is 2.56. The second kappa shape index (κ2) is 3.87. The van der Waals surface area contributed by atoms with E-state index in [0.717, 1.165) is 5.01 Å². The van der Waals surface area contributed by atoms with Gasteiger partial charge in [0.05, 0.1) is 0 Å². The van der Waals surface area contributed by atoms with E-state index in [2.05, 4.69) is 0 Å². The van der Waals surface area contributed by atoms with Gasteiger partial charge in [-0.05, 0) is 18.8 Å². The van der Waals surface area contributed by atoms with Crippen molar-refractivity contribution in [1.82, 2.24) is 5.01 Å². The Morgan fingerprint density at radius 2 is 2.25 bits per heavy atom. The molecule has 0 spiro atoms. The van der Waals surface area contributed by atoms with Gasteiger partial charge in [-0.15, -0.1) is 0 Å². The second-order valence-corrected chi connectivity index (χ2v) is 3.56. The Bertz CT molecular complexity index is 166. The van der Waals surface area contributed by atoms with Crippen LogP contribution in [0.3, 0.4) is 0 Å². The molecule has 1 unspecified atom stereocenters. The normalized spacial score (nSPS) is 19.9. The molecule has 4 nitrogen and oxygen atoms in total. The van der Waals surface area contributed by atoms with Crippen LogP contribution in [0.5, 0.6) is 0 Å². The Morgan fingerprint density at radius 1 is 1.67 bits per heavy atom. The summed E-state index contributed by atoms with van der Waals surface area (Å²) in [7, 11) is 1.55. The fourth-order valence-corrected chi connectivity index (χ4v) is 1.38. The van der Waals surface area contributed by atoms with Crippen LogP contribution in [0.15, 0.2) is 0 Å². The molecule has 4 N–H and O–H groups in total. The minimum atomic E-state index is -0.0746. The van der Waals surface area contributed by atoms with Crippen LogP contribution in [0.4, 0.5) is 0 Å². The van der Waals surface area contributed by atoms with Crippen LogP contribution >= 0.6 is 0 Å².